The maximum atomic E-state index is 12.8. The number of aromatic nitrogens is 2. The number of likely N-dealkylation sites (tertiary alicyclic amines) is 1. The zero-order valence-electron chi connectivity index (χ0n) is 15.5. The van der Waals surface area contributed by atoms with Gasteiger partial charge in [-0.05, 0) is 32.6 Å². The van der Waals surface area contributed by atoms with Crippen molar-refractivity contribution in [1.82, 2.24) is 20.0 Å². The topological polar surface area (TPSA) is 76.5 Å². The first-order chi connectivity index (χ1) is 11.9. The number of fused-ring (bicyclic) bond motifs is 1. The van der Waals surface area contributed by atoms with Gasteiger partial charge in [0.25, 0.3) is 0 Å². The van der Waals surface area contributed by atoms with Gasteiger partial charge in [0.15, 0.2) is 0 Å². The largest absolute Gasteiger partial charge is 0.469 e. The zero-order valence-corrected chi connectivity index (χ0v) is 15.5. The molecule has 0 radical (unpaired) electrons. The molecular weight excluding hydrogens is 320 g/mol. The van der Waals surface area contributed by atoms with Crippen LogP contribution in [-0.4, -0.2) is 46.9 Å². The zero-order chi connectivity index (χ0) is 18.2. The summed E-state index contributed by atoms with van der Waals surface area (Å²) in [4.78, 5) is 27.0. The van der Waals surface area contributed by atoms with E-state index in [-0.39, 0.29) is 24.0 Å². The molecule has 1 aromatic rings. The van der Waals surface area contributed by atoms with E-state index in [1.165, 1.54) is 7.11 Å². The van der Waals surface area contributed by atoms with Crippen LogP contribution in [0.15, 0.2) is 6.20 Å². The predicted octanol–water partition coefficient (Wildman–Crippen LogP) is 2.16. The van der Waals surface area contributed by atoms with Crippen molar-refractivity contribution in [3.8, 4) is 0 Å². The lowest BCUT2D eigenvalue weighted by molar-refractivity contribution is -0.156. The summed E-state index contributed by atoms with van der Waals surface area (Å²) < 4.78 is 6.84. The summed E-state index contributed by atoms with van der Waals surface area (Å²) in [5.74, 6) is 0.0403. The van der Waals surface area contributed by atoms with E-state index in [2.05, 4.69) is 10.4 Å². The molecule has 2 fully saturated rings. The minimum absolute atomic E-state index is 0.117. The highest BCUT2D eigenvalue weighted by molar-refractivity contribution is 5.81. The SMILES string of the molecule is COC(=O)[C@@]12CCCC[C@@H]1CN(C(=O)N[C@@H](C)c1cn(C)nc1C)C2. The average molecular weight is 348 g/mol. The number of amides is 2. The Labute approximate surface area is 148 Å². The highest BCUT2D eigenvalue weighted by atomic mass is 16.5. The van der Waals surface area contributed by atoms with Gasteiger partial charge in [0.2, 0.25) is 0 Å². The maximum Gasteiger partial charge on any atom is 0.317 e. The van der Waals surface area contributed by atoms with Crippen LogP contribution < -0.4 is 5.32 Å². The van der Waals surface area contributed by atoms with Crippen molar-refractivity contribution in [2.75, 3.05) is 20.2 Å². The first-order valence-electron chi connectivity index (χ1n) is 9.01. The molecule has 0 bridgehead atoms. The number of rotatable bonds is 3. The second kappa shape index (κ2) is 6.69. The summed E-state index contributed by atoms with van der Waals surface area (Å²) in [6.07, 6.45) is 5.86. The van der Waals surface area contributed by atoms with Crippen molar-refractivity contribution >= 4 is 12.0 Å². The summed E-state index contributed by atoms with van der Waals surface area (Å²) in [6.45, 7) is 4.98. The second-order valence-electron chi connectivity index (χ2n) is 7.49. The van der Waals surface area contributed by atoms with Gasteiger partial charge in [0, 0.05) is 31.9 Å². The molecule has 2 amide bonds. The van der Waals surface area contributed by atoms with Gasteiger partial charge in [0.05, 0.1) is 24.3 Å². The molecule has 7 nitrogen and oxygen atoms in total. The van der Waals surface area contributed by atoms with Crippen LogP contribution in [0, 0.1) is 18.3 Å². The van der Waals surface area contributed by atoms with Crippen molar-refractivity contribution in [3.05, 3.63) is 17.5 Å². The molecule has 1 aliphatic carbocycles. The van der Waals surface area contributed by atoms with Crippen molar-refractivity contribution in [1.29, 1.82) is 0 Å². The summed E-state index contributed by atoms with van der Waals surface area (Å²) in [5.41, 5.74) is 1.41. The number of carbonyl (C=O) groups excluding carboxylic acids is 2. The van der Waals surface area contributed by atoms with E-state index in [9.17, 15) is 9.59 Å². The van der Waals surface area contributed by atoms with Gasteiger partial charge in [0.1, 0.15) is 0 Å². The Morgan fingerprint density at radius 1 is 1.44 bits per heavy atom. The van der Waals surface area contributed by atoms with E-state index < -0.39 is 5.41 Å². The van der Waals surface area contributed by atoms with Crippen LogP contribution >= 0.6 is 0 Å². The maximum absolute atomic E-state index is 12.8. The summed E-state index contributed by atoms with van der Waals surface area (Å²) in [7, 11) is 3.31. The molecule has 3 atom stereocenters. The molecule has 7 heteroatoms. The summed E-state index contributed by atoms with van der Waals surface area (Å²) >= 11 is 0. The van der Waals surface area contributed by atoms with Crippen LogP contribution in [-0.2, 0) is 16.6 Å². The molecule has 1 aliphatic heterocycles. The quantitative estimate of drug-likeness (QED) is 0.849. The fourth-order valence-electron chi connectivity index (χ4n) is 4.55. The van der Waals surface area contributed by atoms with Crippen LogP contribution in [0.4, 0.5) is 4.79 Å². The second-order valence-corrected chi connectivity index (χ2v) is 7.49. The van der Waals surface area contributed by atoms with Gasteiger partial charge >= 0.3 is 12.0 Å². The Bertz CT molecular complexity index is 671. The molecule has 138 valence electrons. The molecule has 0 aromatic carbocycles. The van der Waals surface area contributed by atoms with E-state index in [0.717, 1.165) is 36.9 Å². The molecule has 1 N–H and O–H groups in total. The number of hydrogen-bond acceptors (Lipinski definition) is 4. The summed E-state index contributed by atoms with van der Waals surface area (Å²) in [6, 6.07) is -0.244. The molecule has 2 heterocycles. The van der Waals surface area contributed by atoms with Gasteiger partial charge in [-0.1, -0.05) is 12.8 Å². The van der Waals surface area contributed by atoms with Crippen molar-refractivity contribution in [3.63, 3.8) is 0 Å². The van der Waals surface area contributed by atoms with Crippen molar-refractivity contribution in [2.45, 2.75) is 45.6 Å². The minimum atomic E-state index is -0.516. The Morgan fingerprint density at radius 3 is 2.84 bits per heavy atom. The van der Waals surface area contributed by atoms with Crippen LogP contribution in [0.3, 0.4) is 0 Å². The standard InChI is InChI=1S/C18H28N4O3/c1-12(15-10-21(3)20-13(15)2)19-17(24)22-9-14-7-5-6-8-18(14,11-22)16(23)25-4/h10,12,14H,5-9,11H2,1-4H3,(H,19,24)/t12-,14+,18+/m0/s1. The fraction of sp³-hybridized carbons (Fsp3) is 0.722. The number of ether oxygens (including phenoxy) is 1. The molecule has 3 rings (SSSR count). The molecule has 2 aliphatic rings. The smallest absolute Gasteiger partial charge is 0.317 e. The molecule has 0 unspecified atom stereocenters. The number of esters is 1. The first kappa shape index (κ1) is 17.8. The van der Waals surface area contributed by atoms with E-state index in [4.69, 9.17) is 4.74 Å². The van der Waals surface area contributed by atoms with Gasteiger partial charge < -0.3 is 15.0 Å². The third-order valence-corrected chi connectivity index (χ3v) is 5.86. The lowest BCUT2D eigenvalue weighted by Gasteiger charge is -2.35. The van der Waals surface area contributed by atoms with Crippen LogP contribution in [0.2, 0.25) is 0 Å². The fourth-order valence-corrected chi connectivity index (χ4v) is 4.55. The third-order valence-electron chi connectivity index (χ3n) is 5.86. The van der Waals surface area contributed by atoms with E-state index in [1.54, 1.807) is 9.58 Å². The van der Waals surface area contributed by atoms with E-state index in [0.29, 0.717) is 13.1 Å². The highest BCUT2D eigenvalue weighted by Gasteiger charge is 2.54. The number of carbonyl (C=O) groups is 2. The Hall–Kier alpha value is -2.05. The number of nitrogens with zero attached hydrogens (tertiary/aromatic N) is 3. The minimum Gasteiger partial charge on any atom is -0.469 e. The van der Waals surface area contributed by atoms with Crippen molar-refractivity contribution in [2.24, 2.45) is 18.4 Å². The number of methoxy groups -OCH3 is 1. The van der Waals surface area contributed by atoms with Gasteiger partial charge in [-0.2, -0.15) is 5.10 Å². The number of hydrogen-bond donors (Lipinski definition) is 1. The van der Waals surface area contributed by atoms with Crippen LogP contribution in [0.1, 0.15) is 49.9 Å². The molecule has 0 spiro atoms. The molecule has 1 saturated carbocycles. The molecule has 25 heavy (non-hydrogen) atoms. The lowest BCUT2D eigenvalue weighted by atomic mass is 9.68. The predicted molar refractivity (Wildman–Crippen MR) is 92.9 cm³/mol. The summed E-state index contributed by atoms with van der Waals surface area (Å²) in [5, 5.41) is 7.39. The molecule has 1 saturated heterocycles. The van der Waals surface area contributed by atoms with Crippen LogP contribution in [0.5, 0.6) is 0 Å². The monoisotopic (exact) mass is 348 g/mol. The van der Waals surface area contributed by atoms with Gasteiger partial charge in [-0.3, -0.25) is 9.48 Å². The lowest BCUT2D eigenvalue weighted by Crippen LogP contribution is -2.44. The average Bonchev–Trinajstić information content (AvgIpc) is 3.14. The normalized spacial score (nSPS) is 26.9. The number of nitrogens with one attached hydrogen (secondary N) is 1. The molecule has 1 aromatic heterocycles. The number of aryl methyl sites for hydroxylation is 2. The first-order valence-corrected chi connectivity index (χ1v) is 9.01. The van der Waals surface area contributed by atoms with E-state index in [1.807, 2.05) is 27.1 Å². The van der Waals surface area contributed by atoms with Gasteiger partial charge in [-0.15, -0.1) is 0 Å². The number of urea groups is 1. The highest BCUT2D eigenvalue weighted by Crippen LogP contribution is 2.47. The Kier molecular flexibility index (Phi) is 4.75. The third kappa shape index (κ3) is 3.12. The molecular formula is C18H28N4O3. The van der Waals surface area contributed by atoms with Crippen molar-refractivity contribution < 1.29 is 14.3 Å². The Morgan fingerprint density at radius 2 is 2.20 bits per heavy atom. The van der Waals surface area contributed by atoms with Gasteiger partial charge in [-0.25, -0.2) is 4.79 Å². The van der Waals surface area contributed by atoms with Crippen LogP contribution in [0.25, 0.3) is 0 Å². The van der Waals surface area contributed by atoms with E-state index >= 15 is 0 Å². The Balaban J connectivity index is 1.71.